The highest BCUT2D eigenvalue weighted by molar-refractivity contribution is 7.91. The van der Waals surface area contributed by atoms with Crippen molar-refractivity contribution < 1.29 is 13.2 Å². The maximum Gasteiger partial charge on any atom is 0.253 e. The Hall–Kier alpha value is -2.12. The van der Waals surface area contributed by atoms with Gasteiger partial charge < -0.3 is 10.6 Å². The number of sulfone groups is 1. The topological polar surface area (TPSA) is 88.2 Å². The van der Waals surface area contributed by atoms with Crippen molar-refractivity contribution in [1.29, 1.82) is 0 Å². The van der Waals surface area contributed by atoms with Crippen molar-refractivity contribution in [2.24, 2.45) is 0 Å². The summed E-state index contributed by atoms with van der Waals surface area (Å²) in [5, 5.41) is 6.60. The van der Waals surface area contributed by atoms with Crippen LogP contribution >= 0.6 is 11.6 Å². The maximum atomic E-state index is 12.3. The van der Waals surface area contributed by atoms with E-state index in [1.807, 2.05) is 24.3 Å². The molecule has 1 aromatic carbocycles. The lowest BCUT2D eigenvalue weighted by molar-refractivity contribution is 0.0941. The second-order valence-electron chi connectivity index (χ2n) is 5.98. The Labute approximate surface area is 151 Å². The van der Waals surface area contributed by atoms with Gasteiger partial charge in [0, 0.05) is 30.0 Å². The average molecular weight is 380 g/mol. The fourth-order valence-electron chi connectivity index (χ4n) is 2.68. The number of amides is 1. The van der Waals surface area contributed by atoms with Crippen LogP contribution in [0.15, 0.2) is 42.7 Å². The van der Waals surface area contributed by atoms with Gasteiger partial charge in [0.05, 0.1) is 22.8 Å². The minimum absolute atomic E-state index is 0.00336. The average Bonchev–Trinajstić information content (AvgIpc) is 2.93. The van der Waals surface area contributed by atoms with Crippen molar-refractivity contribution in [2.45, 2.75) is 19.0 Å². The minimum atomic E-state index is -3.03. The molecule has 8 heteroatoms. The van der Waals surface area contributed by atoms with E-state index in [-0.39, 0.29) is 23.5 Å². The number of hydrogen-bond acceptors (Lipinski definition) is 5. The molecule has 1 aromatic heterocycles. The smallest absolute Gasteiger partial charge is 0.253 e. The summed E-state index contributed by atoms with van der Waals surface area (Å²) in [5.41, 5.74) is 2.01. The van der Waals surface area contributed by atoms with E-state index >= 15 is 0 Å². The second-order valence-corrected chi connectivity index (χ2v) is 8.62. The molecule has 0 aliphatic carbocycles. The van der Waals surface area contributed by atoms with Crippen LogP contribution < -0.4 is 10.6 Å². The Morgan fingerprint density at radius 3 is 2.80 bits per heavy atom. The van der Waals surface area contributed by atoms with Crippen molar-refractivity contribution in [2.75, 3.05) is 16.8 Å². The van der Waals surface area contributed by atoms with Crippen molar-refractivity contribution in [3.63, 3.8) is 0 Å². The van der Waals surface area contributed by atoms with E-state index in [1.54, 1.807) is 12.3 Å². The number of pyridine rings is 1. The predicted octanol–water partition coefficient (Wildman–Crippen LogP) is 2.26. The molecule has 0 saturated carbocycles. The molecular formula is C17H18ClN3O3S. The third-order valence-corrected chi connectivity index (χ3v) is 6.15. The first-order valence-electron chi connectivity index (χ1n) is 7.86. The molecule has 6 nitrogen and oxygen atoms in total. The lowest BCUT2D eigenvalue weighted by atomic mass is 10.2. The van der Waals surface area contributed by atoms with Gasteiger partial charge in [-0.25, -0.2) is 8.42 Å². The van der Waals surface area contributed by atoms with E-state index in [0.29, 0.717) is 29.2 Å². The maximum absolute atomic E-state index is 12.3. The Morgan fingerprint density at radius 2 is 2.08 bits per heavy atom. The summed E-state index contributed by atoms with van der Waals surface area (Å²) in [4.78, 5) is 16.4. The molecule has 132 valence electrons. The number of halogens is 1. The molecule has 3 rings (SSSR count). The highest BCUT2D eigenvalue weighted by Crippen LogP contribution is 2.17. The summed E-state index contributed by atoms with van der Waals surface area (Å²) in [6, 6.07) is 8.85. The first-order chi connectivity index (χ1) is 11.9. The number of hydrogen-bond donors (Lipinski definition) is 2. The van der Waals surface area contributed by atoms with Gasteiger partial charge in [-0.05, 0) is 24.1 Å². The number of benzene rings is 1. The van der Waals surface area contributed by atoms with E-state index in [9.17, 15) is 13.2 Å². The van der Waals surface area contributed by atoms with Gasteiger partial charge in [-0.2, -0.15) is 0 Å². The lowest BCUT2D eigenvalue weighted by Crippen LogP contribution is -2.35. The van der Waals surface area contributed by atoms with Gasteiger partial charge in [0.15, 0.2) is 9.84 Å². The molecule has 1 fully saturated rings. The fourth-order valence-corrected chi connectivity index (χ4v) is 4.55. The van der Waals surface area contributed by atoms with Gasteiger partial charge in [-0.15, -0.1) is 0 Å². The molecule has 1 unspecified atom stereocenters. The minimum Gasteiger partial charge on any atom is -0.380 e. The van der Waals surface area contributed by atoms with Crippen LogP contribution in [0.5, 0.6) is 0 Å². The summed E-state index contributed by atoms with van der Waals surface area (Å²) < 4.78 is 23.0. The van der Waals surface area contributed by atoms with Gasteiger partial charge in [-0.1, -0.05) is 29.8 Å². The van der Waals surface area contributed by atoms with Crippen molar-refractivity contribution in [1.82, 2.24) is 10.3 Å². The monoisotopic (exact) mass is 379 g/mol. The van der Waals surface area contributed by atoms with Crippen LogP contribution in [0.1, 0.15) is 22.3 Å². The number of anilines is 1. The van der Waals surface area contributed by atoms with Gasteiger partial charge in [-0.3, -0.25) is 9.78 Å². The SMILES string of the molecule is O=C(NC1CCS(=O)(=O)C1)c1cncc(NCc2ccccc2Cl)c1. The van der Waals surface area contributed by atoms with E-state index in [4.69, 9.17) is 11.6 Å². The lowest BCUT2D eigenvalue weighted by Gasteiger charge is -2.12. The summed E-state index contributed by atoms with van der Waals surface area (Å²) in [7, 11) is -3.03. The standard InChI is InChI=1S/C17H18ClN3O3S/c18-16-4-2-1-3-12(16)9-20-15-7-13(8-19-10-15)17(22)21-14-5-6-25(23,24)11-14/h1-4,7-8,10,14,20H,5-6,9,11H2,(H,21,22). The van der Waals surface area contributed by atoms with Gasteiger partial charge in [0.25, 0.3) is 5.91 Å². The van der Waals surface area contributed by atoms with Crippen LogP contribution in [-0.2, 0) is 16.4 Å². The Balaban J connectivity index is 1.63. The first-order valence-corrected chi connectivity index (χ1v) is 10.1. The summed E-state index contributed by atoms with van der Waals surface area (Å²) in [5.74, 6) is -0.206. The van der Waals surface area contributed by atoms with Gasteiger partial charge >= 0.3 is 0 Å². The Morgan fingerprint density at radius 1 is 1.28 bits per heavy atom. The van der Waals surface area contributed by atoms with Crippen LogP contribution in [0, 0.1) is 0 Å². The zero-order chi connectivity index (χ0) is 17.9. The van der Waals surface area contributed by atoms with Gasteiger partial charge in [0.2, 0.25) is 0 Å². The normalized spacial score (nSPS) is 18.7. The highest BCUT2D eigenvalue weighted by atomic mass is 35.5. The van der Waals surface area contributed by atoms with Crippen LogP contribution in [-0.4, -0.2) is 36.9 Å². The van der Waals surface area contributed by atoms with E-state index < -0.39 is 9.84 Å². The van der Waals surface area contributed by atoms with Crippen LogP contribution in [0.3, 0.4) is 0 Å². The Bertz CT molecular complexity index is 886. The van der Waals surface area contributed by atoms with E-state index in [2.05, 4.69) is 15.6 Å². The molecule has 25 heavy (non-hydrogen) atoms. The fraction of sp³-hybridized carbons (Fsp3) is 0.294. The molecule has 1 aliphatic heterocycles. The number of carbonyl (C=O) groups excluding carboxylic acids is 1. The van der Waals surface area contributed by atoms with Crippen LogP contribution in [0.2, 0.25) is 5.02 Å². The number of aromatic nitrogens is 1. The number of nitrogens with one attached hydrogen (secondary N) is 2. The third kappa shape index (κ3) is 4.70. The Kier molecular flexibility index (Phi) is 5.24. The molecule has 1 amide bonds. The van der Waals surface area contributed by atoms with Gasteiger partial charge in [0.1, 0.15) is 0 Å². The molecule has 0 bridgehead atoms. The van der Waals surface area contributed by atoms with E-state index in [1.165, 1.54) is 6.20 Å². The molecule has 2 heterocycles. The molecule has 0 spiro atoms. The summed E-state index contributed by atoms with van der Waals surface area (Å²) >= 11 is 6.12. The molecule has 2 aromatic rings. The first kappa shape index (κ1) is 17.7. The summed E-state index contributed by atoms with van der Waals surface area (Å²) in [6.45, 7) is 0.507. The van der Waals surface area contributed by atoms with Crippen molar-refractivity contribution >= 4 is 33.0 Å². The number of carbonyl (C=O) groups is 1. The molecule has 2 N–H and O–H groups in total. The predicted molar refractivity (Wildman–Crippen MR) is 97.5 cm³/mol. The number of nitrogens with zero attached hydrogens (tertiary/aromatic N) is 1. The third-order valence-electron chi connectivity index (χ3n) is 4.01. The van der Waals surface area contributed by atoms with Crippen LogP contribution in [0.4, 0.5) is 5.69 Å². The molecule has 0 radical (unpaired) electrons. The molecular weight excluding hydrogens is 362 g/mol. The van der Waals surface area contributed by atoms with Crippen LogP contribution in [0.25, 0.3) is 0 Å². The zero-order valence-electron chi connectivity index (χ0n) is 13.4. The highest BCUT2D eigenvalue weighted by Gasteiger charge is 2.29. The molecule has 1 aliphatic rings. The number of rotatable bonds is 5. The summed E-state index contributed by atoms with van der Waals surface area (Å²) in [6.07, 6.45) is 3.53. The largest absolute Gasteiger partial charge is 0.380 e. The second kappa shape index (κ2) is 7.41. The quantitative estimate of drug-likeness (QED) is 0.831. The molecule has 1 saturated heterocycles. The van der Waals surface area contributed by atoms with Crippen molar-refractivity contribution in [3.05, 3.63) is 58.9 Å². The molecule has 1 atom stereocenters. The zero-order valence-corrected chi connectivity index (χ0v) is 15.0. The van der Waals surface area contributed by atoms with Crippen molar-refractivity contribution in [3.8, 4) is 0 Å². The van der Waals surface area contributed by atoms with E-state index in [0.717, 1.165) is 5.56 Å².